The van der Waals surface area contributed by atoms with E-state index in [4.69, 9.17) is 4.52 Å². The first-order valence-corrected chi connectivity index (χ1v) is 6.06. The molecule has 0 saturated heterocycles. The lowest BCUT2D eigenvalue weighted by atomic mass is 10.1. The quantitative estimate of drug-likeness (QED) is 0.878. The van der Waals surface area contributed by atoms with Gasteiger partial charge < -0.3 is 9.63 Å². The molecule has 1 aliphatic heterocycles. The maximum Gasteiger partial charge on any atom is 0.142 e. The molecule has 2 aromatic rings. The third kappa shape index (κ3) is 2.14. The van der Waals surface area contributed by atoms with Gasteiger partial charge in [-0.2, -0.15) is 0 Å². The van der Waals surface area contributed by atoms with Gasteiger partial charge in [0.2, 0.25) is 0 Å². The molecular formula is C13H15N3O2. The first-order chi connectivity index (χ1) is 8.86. The van der Waals surface area contributed by atoms with Gasteiger partial charge in [-0.1, -0.05) is 11.2 Å². The summed E-state index contributed by atoms with van der Waals surface area (Å²) in [5.74, 6) is 0.913. The van der Waals surface area contributed by atoms with E-state index in [-0.39, 0.29) is 6.61 Å². The molecule has 3 rings (SSSR count). The van der Waals surface area contributed by atoms with Gasteiger partial charge in [0.15, 0.2) is 0 Å². The second-order valence-electron chi connectivity index (χ2n) is 4.47. The molecule has 0 fully saturated rings. The van der Waals surface area contributed by atoms with Crippen LogP contribution in [0.5, 0.6) is 0 Å². The third-order valence-corrected chi connectivity index (χ3v) is 3.25. The van der Waals surface area contributed by atoms with E-state index in [1.54, 1.807) is 0 Å². The number of aliphatic hydroxyl groups is 1. The van der Waals surface area contributed by atoms with Crippen molar-refractivity contribution in [1.29, 1.82) is 0 Å². The second kappa shape index (κ2) is 4.88. The molecule has 0 aliphatic carbocycles. The van der Waals surface area contributed by atoms with Crippen LogP contribution in [0.15, 0.2) is 28.9 Å². The topological polar surface area (TPSA) is 62.4 Å². The lowest BCUT2D eigenvalue weighted by molar-refractivity contribution is 0.225. The van der Waals surface area contributed by atoms with Crippen LogP contribution in [0.3, 0.4) is 0 Å². The predicted molar refractivity (Wildman–Crippen MR) is 64.5 cm³/mol. The molecule has 0 unspecified atom stereocenters. The van der Waals surface area contributed by atoms with Crippen LogP contribution in [0.25, 0.3) is 0 Å². The number of hydrogen-bond donors (Lipinski definition) is 1. The van der Waals surface area contributed by atoms with Crippen molar-refractivity contribution < 1.29 is 9.63 Å². The zero-order valence-corrected chi connectivity index (χ0v) is 10.0. The fourth-order valence-corrected chi connectivity index (χ4v) is 2.30. The molecule has 0 radical (unpaired) electrons. The van der Waals surface area contributed by atoms with Gasteiger partial charge in [0, 0.05) is 37.8 Å². The zero-order valence-electron chi connectivity index (χ0n) is 10.0. The second-order valence-corrected chi connectivity index (χ2v) is 4.47. The molecule has 0 atom stereocenters. The summed E-state index contributed by atoms with van der Waals surface area (Å²) < 4.78 is 5.22. The van der Waals surface area contributed by atoms with E-state index in [9.17, 15) is 5.11 Å². The summed E-state index contributed by atoms with van der Waals surface area (Å²) in [7, 11) is 0. The molecule has 5 heteroatoms. The van der Waals surface area contributed by atoms with Gasteiger partial charge in [-0.3, -0.25) is 9.88 Å². The molecule has 0 spiro atoms. The molecule has 0 bridgehead atoms. The van der Waals surface area contributed by atoms with Crippen LogP contribution in [0.4, 0.5) is 0 Å². The minimum Gasteiger partial charge on any atom is -0.390 e. The maximum absolute atomic E-state index is 9.21. The van der Waals surface area contributed by atoms with Gasteiger partial charge in [0.05, 0.1) is 12.3 Å². The Morgan fingerprint density at radius 3 is 3.11 bits per heavy atom. The van der Waals surface area contributed by atoms with Gasteiger partial charge in [0.1, 0.15) is 11.5 Å². The highest BCUT2D eigenvalue weighted by molar-refractivity contribution is 5.25. The van der Waals surface area contributed by atoms with E-state index in [1.165, 1.54) is 0 Å². The molecule has 1 aliphatic rings. The van der Waals surface area contributed by atoms with Crippen LogP contribution in [-0.2, 0) is 26.1 Å². The summed E-state index contributed by atoms with van der Waals surface area (Å²) in [6, 6.07) is 5.94. The van der Waals surface area contributed by atoms with E-state index in [2.05, 4.69) is 15.0 Å². The number of rotatable bonds is 3. The van der Waals surface area contributed by atoms with Crippen molar-refractivity contribution >= 4 is 0 Å². The van der Waals surface area contributed by atoms with Crippen LogP contribution < -0.4 is 0 Å². The van der Waals surface area contributed by atoms with E-state index in [1.807, 2.05) is 24.4 Å². The summed E-state index contributed by atoms with van der Waals surface area (Å²) in [6.07, 6.45) is 2.65. The average Bonchev–Trinajstić information content (AvgIpc) is 2.82. The zero-order chi connectivity index (χ0) is 12.4. The Bertz CT molecular complexity index is 511. The standard InChI is InChI=1S/C13H15N3O2/c17-9-12-11-8-16(6-4-13(11)18-15-12)7-10-3-1-2-5-14-10/h1-3,5,17H,4,6-9H2. The van der Waals surface area contributed by atoms with Crippen molar-refractivity contribution in [3.63, 3.8) is 0 Å². The number of pyridine rings is 1. The molecule has 18 heavy (non-hydrogen) atoms. The maximum atomic E-state index is 9.21. The van der Waals surface area contributed by atoms with Crippen molar-refractivity contribution in [3.8, 4) is 0 Å². The predicted octanol–water partition coefficient (Wildman–Crippen LogP) is 1.12. The first-order valence-electron chi connectivity index (χ1n) is 6.06. The van der Waals surface area contributed by atoms with Crippen molar-refractivity contribution in [1.82, 2.24) is 15.0 Å². The monoisotopic (exact) mass is 245 g/mol. The van der Waals surface area contributed by atoms with Gasteiger partial charge in [-0.15, -0.1) is 0 Å². The highest BCUT2D eigenvalue weighted by Gasteiger charge is 2.23. The Morgan fingerprint density at radius 1 is 1.39 bits per heavy atom. The van der Waals surface area contributed by atoms with Crippen molar-refractivity contribution in [2.45, 2.75) is 26.1 Å². The lowest BCUT2D eigenvalue weighted by Gasteiger charge is -2.25. The summed E-state index contributed by atoms with van der Waals surface area (Å²) >= 11 is 0. The van der Waals surface area contributed by atoms with Crippen molar-refractivity contribution in [2.24, 2.45) is 0 Å². The molecule has 1 N–H and O–H groups in total. The first kappa shape index (κ1) is 11.4. The molecule has 2 aromatic heterocycles. The van der Waals surface area contributed by atoms with E-state index >= 15 is 0 Å². The summed E-state index contributed by atoms with van der Waals surface area (Å²) in [4.78, 5) is 6.62. The number of aliphatic hydroxyl groups excluding tert-OH is 1. The molecule has 0 amide bonds. The summed E-state index contributed by atoms with van der Waals surface area (Å²) in [6.45, 7) is 2.46. The number of hydrogen-bond acceptors (Lipinski definition) is 5. The normalized spacial score (nSPS) is 15.6. The summed E-state index contributed by atoms with van der Waals surface area (Å²) in [5, 5.41) is 13.1. The smallest absolute Gasteiger partial charge is 0.142 e. The minimum atomic E-state index is -0.0593. The van der Waals surface area contributed by atoms with Crippen LogP contribution in [0.2, 0.25) is 0 Å². The minimum absolute atomic E-state index is 0.0593. The Balaban J connectivity index is 1.74. The Morgan fingerprint density at radius 2 is 2.33 bits per heavy atom. The van der Waals surface area contributed by atoms with Gasteiger partial charge in [-0.25, -0.2) is 0 Å². The van der Waals surface area contributed by atoms with Gasteiger partial charge >= 0.3 is 0 Å². The largest absolute Gasteiger partial charge is 0.390 e. The third-order valence-electron chi connectivity index (χ3n) is 3.25. The lowest BCUT2D eigenvalue weighted by Crippen LogP contribution is -2.30. The molecule has 0 saturated carbocycles. The number of fused-ring (bicyclic) bond motifs is 1. The van der Waals surface area contributed by atoms with Crippen LogP contribution in [0, 0.1) is 0 Å². The molecule has 0 aromatic carbocycles. The molecule has 94 valence electrons. The fourth-order valence-electron chi connectivity index (χ4n) is 2.30. The van der Waals surface area contributed by atoms with Gasteiger partial charge in [0.25, 0.3) is 0 Å². The summed E-state index contributed by atoms with van der Waals surface area (Å²) in [5.41, 5.74) is 2.76. The van der Waals surface area contributed by atoms with E-state index < -0.39 is 0 Å². The number of aromatic nitrogens is 2. The molecule has 3 heterocycles. The molecular weight excluding hydrogens is 230 g/mol. The van der Waals surface area contributed by atoms with E-state index in [0.717, 1.165) is 43.1 Å². The average molecular weight is 245 g/mol. The van der Waals surface area contributed by atoms with Gasteiger partial charge in [-0.05, 0) is 12.1 Å². The number of nitrogens with zero attached hydrogens (tertiary/aromatic N) is 3. The highest BCUT2D eigenvalue weighted by atomic mass is 16.5. The SMILES string of the molecule is OCc1noc2c1CN(Cc1ccccn1)CC2. The highest BCUT2D eigenvalue weighted by Crippen LogP contribution is 2.23. The van der Waals surface area contributed by atoms with Crippen LogP contribution in [-0.4, -0.2) is 26.7 Å². The van der Waals surface area contributed by atoms with Crippen molar-refractivity contribution in [2.75, 3.05) is 6.54 Å². The molecule has 5 nitrogen and oxygen atoms in total. The van der Waals surface area contributed by atoms with Crippen molar-refractivity contribution in [3.05, 3.63) is 47.1 Å². The van der Waals surface area contributed by atoms with Crippen LogP contribution >= 0.6 is 0 Å². The Kier molecular flexibility index (Phi) is 3.08. The Labute approximate surface area is 105 Å². The Hall–Kier alpha value is -1.72. The van der Waals surface area contributed by atoms with Crippen LogP contribution in [0.1, 0.15) is 22.7 Å². The fraction of sp³-hybridized carbons (Fsp3) is 0.385. The van der Waals surface area contributed by atoms with E-state index in [0.29, 0.717) is 5.69 Å².